The molecule has 0 amide bonds. The molecule has 1 aromatic rings. The maximum Gasteiger partial charge on any atom is 0.0827 e. The Morgan fingerprint density at radius 3 is 2.73 bits per heavy atom. The largest absolute Gasteiger partial charge is 0.351 e. The number of hydrogen-bond acceptors (Lipinski definition) is 1. The number of anilines is 1. The van der Waals surface area contributed by atoms with Crippen LogP contribution in [0.5, 0.6) is 0 Å². The van der Waals surface area contributed by atoms with Crippen LogP contribution in [0.1, 0.15) is 0 Å². The van der Waals surface area contributed by atoms with Crippen LogP contribution in [0.25, 0.3) is 0 Å². The molecule has 1 N–H and O–H groups in total. The van der Waals surface area contributed by atoms with Crippen molar-refractivity contribution >= 4 is 46.6 Å². The molecule has 0 aliphatic carbocycles. The van der Waals surface area contributed by atoms with Crippen molar-refractivity contribution in [1.29, 1.82) is 0 Å². The smallest absolute Gasteiger partial charge is 0.0827 e. The summed E-state index contributed by atoms with van der Waals surface area (Å²) in [5.74, 6) is 0. The van der Waals surface area contributed by atoms with Crippen molar-refractivity contribution in [3.63, 3.8) is 0 Å². The Hall–Kier alpha value is -0.310. The van der Waals surface area contributed by atoms with Gasteiger partial charge in [-0.3, -0.25) is 0 Å². The predicted octanol–water partition coefficient (Wildman–Crippen LogP) is 3.36. The zero-order valence-corrected chi connectivity index (χ0v) is 7.80. The molecule has 0 aliphatic heterocycles. The Labute approximate surface area is 80.3 Å². The Morgan fingerprint density at radius 2 is 2.09 bits per heavy atom. The maximum atomic E-state index is 5.81. The average molecular weight is 206 g/mol. The van der Waals surface area contributed by atoms with Gasteiger partial charge in [0.1, 0.15) is 0 Å². The third-order valence-electron chi connectivity index (χ3n) is 1.17. The summed E-state index contributed by atoms with van der Waals surface area (Å²) in [7, 11) is 0. The van der Waals surface area contributed by atoms with E-state index in [1.54, 1.807) is 18.2 Å². The molecule has 0 aromatic heterocycles. The van der Waals surface area contributed by atoms with Crippen LogP contribution in [0.3, 0.4) is 0 Å². The first kappa shape index (κ1) is 8.78. The van der Waals surface area contributed by atoms with Crippen molar-refractivity contribution in [3.05, 3.63) is 28.2 Å². The van der Waals surface area contributed by atoms with Gasteiger partial charge in [-0.15, -0.1) is 0 Å². The van der Waals surface area contributed by atoms with Crippen LogP contribution >= 0.6 is 35.4 Å². The summed E-state index contributed by atoms with van der Waals surface area (Å²) in [5.41, 5.74) is 2.12. The van der Waals surface area contributed by atoms with Crippen molar-refractivity contribution in [2.75, 3.05) is 5.32 Å². The molecule has 0 fully saturated rings. The van der Waals surface area contributed by atoms with E-state index in [0.717, 1.165) is 5.69 Å². The lowest BCUT2D eigenvalue weighted by atomic mass is 10.3. The van der Waals surface area contributed by atoms with Crippen molar-refractivity contribution in [3.8, 4) is 0 Å². The van der Waals surface area contributed by atoms with Crippen LogP contribution < -0.4 is 5.32 Å². The van der Waals surface area contributed by atoms with Gasteiger partial charge in [-0.2, -0.15) is 0 Å². The molecule has 1 nitrogen and oxygen atoms in total. The molecular weight excluding hydrogens is 201 g/mol. The molecule has 0 saturated carbocycles. The second kappa shape index (κ2) is 3.90. The van der Waals surface area contributed by atoms with E-state index in [1.165, 1.54) is 5.49 Å². The van der Waals surface area contributed by atoms with E-state index in [4.69, 9.17) is 23.2 Å². The van der Waals surface area contributed by atoms with Gasteiger partial charge in [0, 0.05) is 0 Å². The molecule has 0 atom stereocenters. The standard InChI is InChI=1S/C7H5Cl2NS/c8-5-2-1-3-6(7(5)9)10-4-11/h1-4H,(H,10,11). The van der Waals surface area contributed by atoms with Gasteiger partial charge >= 0.3 is 0 Å². The SMILES string of the molecule is S=CNc1cccc(Cl)c1Cl. The molecule has 0 bridgehead atoms. The Bertz CT molecular complexity index is 275. The topological polar surface area (TPSA) is 12.0 Å². The fourth-order valence-corrected chi connectivity index (χ4v) is 1.16. The Morgan fingerprint density at radius 1 is 1.36 bits per heavy atom. The molecule has 0 spiro atoms. The van der Waals surface area contributed by atoms with Crippen LogP contribution in [0.4, 0.5) is 5.69 Å². The van der Waals surface area contributed by atoms with Gasteiger partial charge in [-0.1, -0.05) is 41.5 Å². The van der Waals surface area contributed by atoms with Gasteiger partial charge in [0.2, 0.25) is 0 Å². The minimum atomic E-state index is 0.496. The summed E-state index contributed by atoms with van der Waals surface area (Å²) >= 11 is 16.1. The van der Waals surface area contributed by atoms with Crippen LogP contribution in [-0.2, 0) is 0 Å². The molecule has 0 unspecified atom stereocenters. The van der Waals surface area contributed by atoms with E-state index >= 15 is 0 Å². The van der Waals surface area contributed by atoms with Crippen molar-refractivity contribution in [2.24, 2.45) is 0 Å². The summed E-state index contributed by atoms with van der Waals surface area (Å²) in [5, 5.41) is 3.81. The molecular formula is C7H5Cl2NS. The summed E-state index contributed by atoms with van der Waals surface area (Å²) in [6.07, 6.45) is 0. The van der Waals surface area contributed by atoms with Crippen LogP contribution in [0.15, 0.2) is 18.2 Å². The number of thiocarbonyl (C=S) groups is 1. The quantitative estimate of drug-likeness (QED) is 0.744. The summed E-state index contributed by atoms with van der Waals surface area (Å²) in [6.45, 7) is 0. The predicted molar refractivity (Wildman–Crippen MR) is 53.7 cm³/mol. The zero-order chi connectivity index (χ0) is 8.27. The second-order valence-corrected chi connectivity index (χ2v) is 2.88. The van der Waals surface area contributed by atoms with Crippen molar-refractivity contribution in [1.82, 2.24) is 0 Å². The number of halogens is 2. The molecule has 4 heteroatoms. The number of rotatable bonds is 2. The van der Waals surface area contributed by atoms with E-state index in [-0.39, 0.29) is 0 Å². The lowest BCUT2D eigenvalue weighted by Crippen LogP contribution is -1.92. The first-order valence-corrected chi connectivity index (χ1v) is 4.12. The number of nitrogens with one attached hydrogen (secondary N) is 1. The number of benzene rings is 1. The summed E-state index contributed by atoms with van der Waals surface area (Å²) in [4.78, 5) is 0. The van der Waals surface area contributed by atoms with Gasteiger partial charge in [0.15, 0.2) is 0 Å². The molecule has 58 valence electrons. The lowest BCUT2D eigenvalue weighted by Gasteiger charge is -2.02. The monoisotopic (exact) mass is 205 g/mol. The van der Waals surface area contributed by atoms with E-state index < -0.39 is 0 Å². The van der Waals surface area contributed by atoms with E-state index in [2.05, 4.69) is 17.5 Å². The molecule has 11 heavy (non-hydrogen) atoms. The Balaban J connectivity index is 3.05. The fourth-order valence-electron chi connectivity index (χ4n) is 0.679. The lowest BCUT2D eigenvalue weighted by molar-refractivity contribution is 1.66. The highest BCUT2D eigenvalue weighted by atomic mass is 35.5. The third-order valence-corrected chi connectivity index (χ3v) is 2.10. The van der Waals surface area contributed by atoms with Crippen LogP contribution in [0, 0.1) is 0 Å². The molecule has 1 aromatic carbocycles. The van der Waals surface area contributed by atoms with Gasteiger partial charge in [-0.05, 0) is 12.1 Å². The highest BCUT2D eigenvalue weighted by Gasteiger charge is 2.00. The first-order valence-electron chi connectivity index (χ1n) is 2.90. The molecule has 0 heterocycles. The van der Waals surface area contributed by atoms with Gasteiger partial charge in [-0.25, -0.2) is 0 Å². The van der Waals surface area contributed by atoms with E-state index in [9.17, 15) is 0 Å². The minimum Gasteiger partial charge on any atom is -0.351 e. The number of hydrogen-bond donors (Lipinski definition) is 1. The summed E-state index contributed by atoms with van der Waals surface area (Å²) < 4.78 is 0. The Kier molecular flexibility index (Phi) is 3.12. The first-order chi connectivity index (χ1) is 5.25. The third kappa shape index (κ3) is 2.06. The van der Waals surface area contributed by atoms with Crippen molar-refractivity contribution < 1.29 is 0 Å². The van der Waals surface area contributed by atoms with E-state index in [0.29, 0.717) is 10.0 Å². The normalized spacial score (nSPS) is 9.27. The molecule has 0 saturated heterocycles. The van der Waals surface area contributed by atoms with Gasteiger partial charge < -0.3 is 5.32 Å². The molecule has 1 rings (SSSR count). The van der Waals surface area contributed by atoms with Crippen LogP contribution in [0.2, 0.25) is 10.0 Å². The maximum absolute atomic E-state index is 5.81. The minimum absolute atomic E-state index is 0.496. The zero-order valence-electron chi connectivity index (χ0n) is 5.47. The van der Waals surface area contributed by atoms with E-state index in [1.807, 2.05) is 0 Å². The highest BCUT2D eigenvalue weighted by Crippen LogP contribution is 2.28. The highest BCUT2D eigenvalue weighted by molar-refractivity contribution is 7.79. The second-order valence-electron chi connectivity index (χ2n) is 1.86. The molecule has 0 aliphatic rings. The average Bonchev–Trinajstić information content (AvgIpc) is 1.99. The molecule has 0 radical (unpaired) electrons. The van der Waals surface area contributed by atoms with Crippen molar-refractivity contribution in [2.45, 2.75) is 0 Å². The van der Waals surface area contributed by atoms with Gasteiger partial charge in [0.05, 0.1) is 21.2 Å². The van der Waals surface area contributed by atoms with Gasteiger partial charge in [0.25, 0.3) is 0 Å². The summed E-state index contributed by atoms with van der Waals surface area (Å²) in [6, 6.07) is 5.32. The van der Waals surface area contributed by atoms with Crippen LogP contribution in [-0.4, -0.2) is 5.49 Å². The fraction of sp³-hybridized carbons (Fsp3) is 0.